The van der Waals surface area contributed by atoms with E-state index in [4.69, 9.17) is 14.7 Å². The van der Waals surface area contributed by atoms with Gasteiger partial charge in [0.15, 0.2) is 0 Å². The normalized spacial score (nSPS) is 23.0. The Morgan fingerprint density at radius 2 is 1.74 bits per heavy atom. The number of nitrogens with zero attached hydrogens (tertiary/aromatic N) is 2. The second-order valence-corrected chi connectivity index (χ2v) is 13.1. The molecule has 0 radical (unpaired) electrons. The molecule has 1 fully saturated rings. The molecule has 2 unspecified atom stereocenters. The van der Waals surface area contributed by atoms with E-state index < -0.39 is 0 Å². The van der Waals surface area contributed by atoms with E-state index in [1.165, 1.54) is 52.8 Å². The van der Waals surface area contributed by atoms with Crippen molar-refractivity contribution in [1.82, 2.24) is 9.97 Å². The van der Waals surface area contributed by atoms with Crippen molar-refractivity contribution in [2.45, 2.75) is 84.5 Å². The SMILES string of the molecule is Cc1cccc(C)c1-c1nc2nc(c1C)OCC(CC(C)C)C(CCC1CC(C)C1)c1cccc(c1)SN2. The molecule has 1 aliphatic heterocycles. The average Bonchev–Trinajstić information content (AvgIpc) is 2.86. The van der Waals surface area contributed by atoms with Crippen LogP contribution in [0.25, 0.3) is 11.3 Å². The van der Waals surface area contributed by atoms with Crippen LogP contribution in [0, 0.1) is 44.4 Å². The quantitative estimate of drug-likeness (QED) is 0.323. The lowest BCUT2D eigenvalue weighted by atomic mass is 9.71. The predicted octanol–water partition coefficient (Wildman–Crippen LogP) is 9.15. The van der Waals surface area contributed by atoms with Crippen molar-refractivity contribution in [2.24, 2.45) is 23.7 Å². The largest absolute Gasteiger partial charge is 0.477 e. The number of anilines is 1. The molecule has 0 spiro atoms. The van der Waals surface area contributed by atoms with Crippen LogP contribution >= 0.6 is 11.9 Å². The van der Waals surface area contributed by atoms with E-state index in [9.17, 15) is 0 Å². The lowest BCUT2D eigenvalue weighted by Gasteiger charge is -2.36. The Bertz CT molecular complexity index is 1250. The highest BCUT2D eigenvalue weighted by Gasteiger charge is 2.30. The number of aryl methyl sites for hydroxylation is 2. The van der Waals surface area contributed by atoms with Gasteiger partial charge in [0, 0.05) is 21.9 Å². The van der Waals surface area contributed by atoms with Gasteiger partial charge in [-0.15, -0.1) is 0 Å². The fourth-order valence-corrected chi connectivity index (χ4v) is 7.20. The first-order chi connectivity index (χ1) is 18.3. The van der Waals surface area contributed by atoms with Gasteiger partial charge in [0.25, 0.3) is 0 Å². The van der Waals surface area contributed by atoms with Crippen LogP contribution in [0.2, 0.25) is 0 Å². The van der Waals surface area contributed by atoms with E-state index in [2.05, 4.69) is 88.7 Å². The number of ether oxygens (including phenoxy) is 1. The maximum absolute atomic E-state index is 6.67. The summed E-state index contributed by atoms with van der Waals surface area (Å²) < 4.78 is 10.1. The summed E-state index contributed by atoms with van der Waals surface area (Å²) in [5.41, 5.74) is 7.01. The van der Waals surface area contributed by atoms with E-state index >= 15 is 0 Å². The monoisotopic (exact) mass is 529 g/mol. The third kappa shape index (κ3) is 6.03. The molecule has 5 rings (SSSR count). The minimum atomic E-state index is 0.432. The van der Waals surface area contributed by atoms with Crippen molar-refractivity contribution in [3.63, 3.8) is 0 Å². The minimum Gasteiger partial charge on any atom is -0.477 e. The highest BCUT2D eigenvalue weighted by Crippen LogP contribution is 2.42. The summed E-state index contributed by atoms with van der Waals surface area (Å²) in [4.78, 5) is 11.1. The van der Waals surface area contributed by atoms with Crippen LogP contribution in [0.1, 0.15) is 81.0 Å². The van der Waals surface area contributed by atoms with Gasteiger partial charge in [0.05, 0.1) is 12.3 Å². The Kier molecular flexibility index (Phi) is 8.32. The van der Waals surface area contributed by atoms with Crippen LogP contribution < -0.4 is 9.46 Å². The number of hydrogen-bond donors (Lipinski definition) is 1. The highest BCUT2D eigenvalue weighted by molar-refractivity contribution is 8.00. The van der Waals surface area contributed by atoms with Crippen molar-refractivity contribution < 1.29 is 4.74 Å². The van der Waals surface area contributed by atoms with Gasteiger partial charge < -0.3 is 4.74 Å². The first kappa shape index (κ1) is 27.1. The summed E-state index contributed by atoms with van der Waals surface area (Å²) in [6.07, 6.45) is 6.46. The molecule has 4 nitrogen and oxygen atoms in total. The standard InChI is InChI=1S/C33H43N3OS/c1-20(2)15-27-19-37-32-24(6)31(30-22(4)9-7-10-23(30)5)34-33(35-32)36-38-28-12-8-11-26(18-28)29(27)14-13-25-16-21(3)17-25/h7-12,18,20-21,25,27,29H,13-17,19H2,1-6H3,(H,34,35,36). The van der Waals surface area contributed by atoms with E-state index in [0.717, 1.165) is 29.5 Å². The summed E-state index contributed by atoms with van der Waals surface area (Å²) in [7, 11) is 0. The molecule has 1 saturated carbocycles. The molecular weight excluding hydrogens is 486 g/mol. The smallest absolute Gasteiger partial charge is 0.237 e. The molecule has 2 aromatic carbocycles. The van der Waals surface area contributed by atoms with Gasteiger partial charge in [0.1, 0.15) is 0 Å². The summed E-state index contributed by atoms with van der Waals surface area (Å²) in [5.74, 6) is 4.60. The molecule has 5 heteroatoms. The van der Waals surface area contributed by atoms with Gasteiger partial charge in [-0.3, -0.25) is 4.72 Å². The number of aromatic nitrogens is 2. The Morgan fingerprint density at radius 3 is 2.45 bits per heavy atom. The molecule has 2 atom stereocenters. The summed E-state index contributed by atoms with van der Waals surface area (Å²) in [5, 5.41) is 0. The third-order valence-corrected chi connectivity index (χ3v) is 9.27. The molecule has 3 aromatic rings. The molecule has 1 aromatic heterocycles. The molecule has 0 saturated heterocycles. The third-order valence-electron chi connectivity index (χ3n) is 8.50. The fourth-order valence-electron chi connectivity index (χ4n) is 6.56. The zero-order valence-electron chi connectivity index (χ0n) is 23.9. The number of fused-ring (bicyclic) bond motifs is 4. The highest BCUT2D eigenvalue weighted by atomic mass is 32.2. The van der Waals surface area contributed by atoms with E-state index in [-0.39, 0.29) is 0 Å². The van der Waals surface area contributed by atoms with Crippen LogP contribution in [0.4, 0.5) is 5.95 Å². The maximum atomic E-state index is 6.67. The van der Waals surface area contributed by atoms with Crippen LogP contribution in [0.3, 0.4) is 0 Å². The second-order valence-electron chi connectivity index (χ2n) is 12.2. The zero-order chi connectivity index (χ0) is 26.8. The second kappa shape index (κ2) is 11.7. The van der Waals surface area contributed by atoms with Crippen LogP contribution in [0.15, 0.2) is 47.4 Å². The first-order valence-electron chi connectivity index (χ1n) is 14.4. The topological polar surface area (TPSA) is 47.0 Å². The molecule has 1 N–H and O–H groups in total. The van der Waals surface area contributed by atoms with E-state index in [0.29, 0.717) is 36.2 Å². The molecule has 2 aliphatic rings. The van der Waals surface area contributed by atoms with Crippen molar-refractivity contribution in [3.8, 4) is 17.1 Å². The van der Waals surface area contributed by atoms with Crippen molar-refractivity contribution >= 4 is 17.9 Å². The van der Waals surface area contributed by atoms with Gasteiger partial charge >= 0.3 is 0 Å². The van der Waals surface area contributed by atoms with Crippen molar-refractivity contribution in [2.75, 3.05) is 11.3 Å². The number of hydrogen-bond acceptors (Lipinski definition) is 5. The van der Waals surface area contributed by atoms with Crippen molar-refractivity contribution in [3.05, 3.63) is 64.7 Å². The summed E-state index contributed by atoms with van der Waals surface area (Å²) >= 11 is 1.59. The van der Waals surface area contributed by atoms with Gasteiger partial charge in [-0.25, -0.2) is 4.98 Å². The van der Waals surface area contributed by atoms with Gasteiger partial charge in [-0.1, -0.05) is 51.1 Å². The minimum absolute atomic E-state index is 0.432. The zero-order valence-corrected chi connectivity index (χ0v) is 24.7. The lowest BCUT2D eigenvalue weighted by Crippen LogP contribution is -2.26. The van der Waals surface area contributed by atoms with Crippen LogP contribution in [-0.4, -0.2) is 16.6 Å². The Hall–Kier alpha value is -2.53. The predicted molar refractivity (Wildman–Crippen MR) is 160 cm³/mol. The molecule has 2 heterocycles. The Morgan fingerprint density at radius 1 is 1.00 bits per heavy atom. The fraction of sp³-hybridized carbons (Fsp3) is 0.515. The maximum Gasteiger partial charge on any atom is 0.237 e. The van der Waals surface area contributed by atoms with Gasteiger partial charge in [0.2, 0.25) is 11.8 Å². The van der Waals surface area contributed by atoms with E-state index in [1.54, 1.807) is 11.9 Å². The summed E-state index contributed by atoms with van der Waals surface area (Å²) in [6, 6.07) is 15.5. The Balaban J connectivity index is 1.53. The summed E-state index contributed by atoms with van der Waals surface area (Å²) in [6.45, 7) is 14.2. The molecule has 0 amide bonds. The first-order valence-corrected chi connectivity index (χ1v) is 15.2. The number of nitrogens with one attached hydrogen (secondary N) is 1. The molecule has 202 valence electrons. The lowest BCUT2D eigenvalue weighted by molar-refractivity contribution is 0.161. The molecule has 1 aliphatic carbocycles. The van der Waals surface area contributed by atoms with Crippen LogP contribution in [-0.2, 0) is 0 Å². The number of benzene rings is 2. The molecule has 4 bridgehead atoms. The van der Waals surface area contributed by atoms with Gasteiger partial charge in [-0.2, -0.15) is 4.98 Å². The molecular formula is C33H43N3OS. The van der Waals surface area contributed by atoms with E-state index in [1.807, 2.05) is 0 Å². The number of rotatable bonds is 6. The van der Waals surface area contributed by atoms with Crippen molar-refractivity contribution in [1.29, 1.82) is 0 Å². The van der Waals surface area contributed by atoms with Crippen LogP contribution in [0.5, 0.6) is 5.88 Å². The Labute approximate surface area is 233 Å². The van der Waals surface area contributed by atoms with Gasteiger partial charge in [-0.05, 0) is 117 Å². The average molecular weight is 530 g/mol. The molecule has 38 heavy (non-hydrogen) atoms.